The maximum atomic E-state index is 6.29. The summed E-state index contributed by atoms with van der Waals surface area (Å²) >= 11 is 6.29. The maximum absolute atomic E-state index is 6.29. The Labute approximate surface area is 124 Å². The third-order valence-electron chi connectivity index (χ3n) is 3.02. The number of nitrogens with two attached hydrogens (primary N) is 1. The van der Waals surface area contributed by atoms with Crippen molar-refractivity contribution >= 4 is 17.3 Å². The van der Waals surface area contributed by atoms with Crippen molar-refractivity contribution in [2.75, 3.05) is 18.4 Å². The van der Waals surface area contributed by atoms with Gasteiger partial charge in [-0.25, -0.2) is 4.68 Å². The van der Waals surface area contributed by atoms with Crippen LogP contribution in [0.4, 0.5) is 5.69 Å². The lowest BCUT2D eigenvalue weighted by molar-refractivity contribution is 0.545. The molecule has 0 unspecified atom stereocenters. The summed E-state index contributed by atoms with van der Waals surface area (Å²) in [6.45, 7) is 7.78. The highest BCUT2D eigenvalue weighted by molar-refractivity contribution is 6.32. The molecule has 0 amide bonds. The van der Waals surface area contributed by atoms with Gasteiger partial charge in [0.25, 0.3) is 0 Å². The smallest absolute Gasteiger partial charge is 0.0836 e. The number of para-hydroxylation sites is 1. The lowest BCUT2D eigenvalue weighted by Gasteiger charge is -2.23. The van der Waals surface area contributed by atoms with Crippen LogP contribution in [0.5, 0.6) is 0 Å². The molecule has 20 heavy (non-hydrogen) atoms. The monoisotopic (exact) mass is 292 g/mol. The van der Waals surface area contributed by atoms with Crippen molar-refractivity contribution in [3.8, 4) is 5.69 Å². The van der Waals surface area contributed by atoms with Crippen molar-refractivity contribution in [3.05, 3.63) is 41.2 Å². The van der Waals surface area contributed by atoms with E-state index in [0.29, 0.717) is 11.6 Å². The Kier molecular flexibility index (Phi) is 4.35. The minimum Gasteiger partial charge on any atom is -0.381 e. The zero-order valence-corrected chi connectivity index (χ0v) is 12.9. The molecule has 3 N–H and O–H groups in total. The largest absolute Gasteiger partial charge is 0.381 e. The van der Waals surface area contributed by atoms with Crippen LogP contribution in [0.2, 0.25) is 5.02 Å². The molecule has 0 aliphatic heterocycles. The van der Waals surface area contributed by atoms with Crippen LogP contribution in [0.3, 0.4) is 0 Å². The number of hydrogen-bond acceptors (Lipinski definition) is 3. The average Bonchev–Trinajstić information content (AvgIpc) is 2.80. The van der Waals surface area contributed by atoms with E-state index in [2.05, 4.69) is 31.2 Å². The summed E-state index contributed by atoms with van der Waals surface area (Å²) in [6, 6.07) is 7.72. The summed E-state index contributed by atoms with van der Waals surface area (Å²) in [5.41, 5.74) is 8.49. The first-order valence-electron chi connectivity index (χ1n) is 6.72. The van der Waals surface area contributed by atoms with Gasteiger partial charge in [-0.1, -0.05) is 44.5 Å². The minimum atomic E-state index is -0.0629. The highest BCUT2D eigenvalue weighted by atomic mass is 35.5. The molecule has 1 aromatic heterocycles. The number of nitrogens with zero attached hydrogens (tertiary/aromatic N) is 2. The number of benzene rings is 1. The highest BCUT2D eigenvalue weighted by Gasteiger charge is 2.25. The van der Waals surface area contributed by atoms with E-state index in [1.165, 1.54) is 0 Å². The van der Waals surface area contributed by atoms with Gasteiger partial charge in [-0.05, 0) is 12.1 Å². The van der Waals surface area contributed by atoms with Crippen LogP contribution in [-0.4, -0.2) is 22.9 Å². The molecule has 5 heteroatoms. The summed E-state index contributed by atoms with van der Waals surface area (Å²) < 4.78 is 1.90. The Balaban J connectivity index is 2.54. The highest BCUT2D eigenvalue weighted by Crippen LogP contribution is 2.33. The molecule has 0 atom stereocenters. The summed E-state index contributed by atoms with van der Waals surface area (Å²) in [4.78, 5) is 0. The van der Waals surface area contributed by atoms with Crippen molar-refractivity contribution < 1.29 is 0 Å². The fraction of sp³-hybridized carbons (Fsp3) is 0.400. The molecule has 4 nitrogen and oxygen atoms in total. The van der Waals surface area contributed by atoms with Crippen molar-refractivity contribution in [1.29, 1.82) is 0 Å². The molecule has 0 saturated carbocycles. The summed E-state index contributed by atoms with van der Waals surface area (Å²) in [7, 11) is 0. The molecule has 1 heterocycles. The maximum Gasteiger partial charge on any atom is 0.0836 e. The number of anilines is 1. The van der Waals surface area contributed by atoms with Crippen LogP contribution in [0, 0.1) is 0 Å². The van der Waals surface area contributed by atoms with Crippen molar-refractivity contribution in [2.24, 2.45) is 5.73 Å². The van der Waals surface area contributed by atoms with E-state index < -0.39 is 0 Å². The fourth-order valence-electron chi connectivity index (χ4n) is 2.21. The van der Waals surface area contributed by atoms with Gasteiger partial charge in [0.2, 0.25) is 0 Å². The fourth-order valence-corrected chi connectivity index (χ4v) is 2.43. The van der Waals surface area contributed by atoms with Crippen LogP contribution in [0.1, 0.15) is 26.5 Å². The van der Waals surface area contributed by atoms with Gasteiger partial charge in [0.15, 0.2) is 0 Å². The summed E-state index contributed by atoms with van der Waals surface area (Å²) in [5.74, 6) is 0. The van der Waals surface area contributed by atoms with Gasteiger partial charge in [0.05, 0.1) is 28.3 Å². The van der Waals surface area contributed by atoms with E-state index in [9.17, 15) is 0 Å². The molecular weight excluding hydrogens is 272 g/mol. The topological polar surface area (TPSA) is 55.9 Å². The third kappa shape index (κ3) is 2.97. The quantitative estimate of drug-likeness (QED) is 0.910. The first-order valence-corrected chi connectivity index (χ1v) is 7.10. The van der Waals surface area contributed by atoms with Gasteiger partial charge >= 0.3 is 0 Å². The van der Waals surface area contributed by atoms with Gasteiger partial charge in [-0.2, -0.15) is 5.10 Å². The standard InChI is InChI=1S/C15H21ClN4/c1-15(2,3)14-12(18-9-8-17)10-19-20(14)13-7-5-4-6-11(13)16/h4-7,10,18H,8-9,17H2,1-3H3. The van der Waals surface area contributed by atoms with Crippen LogP contribution >= 0.6 is 11.6 Å². The van der Waals surface area contributed by atoms with Crippen molar-refractivity contribution in [2.45, 2.75) is 26.2 Å². The zero-order chi connectivity index (χ0) is 14.8. The molecule has 0 aliphatic carbocycles. The molecule has 2 aromatic rings. The second-order valence-corrected chi connectivity index (χ2v) is 6.14. The molecule has 0 spiro atoms. The zero-order valence-electron chi connectivity index (χ0n) is 12.2. The van der Waals surface area contributed by atoms with Crippen LogP contribution in [0.15, 0.2) is 30.5 Å². The van der Waals surface area contributed by atoms with E-state index in [-0.39, 0.29) is 5.41 Å². The number of nitrogens with one attached hydrogen (secondary N) is 1. The summed E-state index contributed by atoms with van der Waals surface area (Å²) in [5, 5.41) is 8.51. The Morgan fingerprint density at radius 2 is 2.00 bits per heavy atom. The molecular formula is C15H21ClN4. The van der Waals surface area contributed by atoms with Gasteiger partial charge in [-0.3, -0.25) is 0 Å². The van der Waals surface area contributed by atoms with Crippen LogP contribution in [0.25, 0.3) is 5.69 Å². The summed E-state index contributed by atoms with van der Waals surface area (Å²) in [6.07, 6.45) is 1.83. The van der Waals surface area contributed by atoms with E-state index >= 15 is 0 Å². The molecule has 108 valence electrons. The van der Waals surface area contributed by atoms with E-state index in [1.807, 2.05) is 35.1 Å². The van der Waals surface area contributed by atoms with Gasteiger partial charge in [0, 0.05) is 18.5 Å². The van der Waals surface area contributed by atoms with Gasteiger partial charge < -0.3 is 11.1 Å². The SMILES string of the molecule is CC(C)(C)c1c(NCCN)cnn1-c1ccccc1Cl. The van der Waals surface area contributed by atoms with Crippen LogP contribution < -0.4 is 11.1 Å². The van der Waals surface area contributed by atoms with Crippen molar-refractivity contribution in [3.63, 3.8) is 0 Å². The average molecular weight is 293 g/mol. The molecule has 0 radical (unpaired) electrons. The Hall–Kier alpha value is -1.52. The molecule has 0 fully saturated rings. The molecule has 0 aliphatic rings. The molecule has 0 bridgehead atoms. The van der Waals surface area contributed by atoms with E-state index in [1.54, 1.807) is 0 Å². The lowest BCUT2D eigenvalue weighted by Crippen LogP contribution is -2.21. The molecule has 2 rings (SSSR count). The van der Waals surface area contributed by atoms with E-state index in [4.69, 9.17) is 17.3 Å². The Morgan fingerprint density at radius 1 is 1.30 bits per heavy atom. The number of hydrogen-bond donors (Lipinski definition) is 2. The number of rotatable bonds is 4. The van der Waals surface area contributed by atoms with Gasteiger partial charge in [-0.15, -0.1) is 0 Å². The van der Waals surface area contributed by atoms with Crippen molar-refractivity contribution in [1.82, 2.24) is 9.78 Å². The second-order valence-electron chi connectivity index (χ2n) is 5.74. The van der Waals surface area contributed by atoms with E-state index in [0.717, 1.165) is 23.6 Å². The second kappa shape index (κ2) is 5.85. The molecule has 0 saturated heterocycles. The van der Waals surface area contributed by atoms with Gasteiger partial charge in [0.1, 0.15) is 0 Å². The number of halogens is 1. The predicted octanol–water partition coefficient (Wildman–Crippen LogP) is 3.19. The third-order valence-corrected chi connectivity index (χ3v) is 3.34. The van der Waals surface area contributed by atoms with Crippen LogP contribution in [-0.2, 0) is 5.41 Å². The Morgan fingerprint density at radius 3 is 2.60 bits per heavy atom. The normalized spacial score (nSPS) is 11.7. The molecule has 1 aromatic carbocycles. The number of aromatic nitrogens is 2. The predicted molar refractivity (Wildman–Crippen MR) is 84.8 cm³/mol. The Bertz CT molecular complexity index is 584. The first kappa shape index (κ1) is 14.9. The lowest BCUT2D eigenvalue weighted by atomic mass is 9.91. The minimum absolute atomic E-state index is 0.0629. The first-order chi connectivity index (χ1) is 9.45.